The molecule has 1 unspecified atom stereocenters. The molecule has 1 aliphatic rings. The van der Waals surface area contributed by atoms with E-state index in [1.807, 2.05) is 0 Å². The van der Waals surface area contributed by atoms with Gasteiger partial charge in [-0.2, -0.15) is 0 Å². The van der Waals surface area contributed by atoms with Gasteiger partial charge in [0, 0.05) is 31.1 Å². The van der Waals surface area contributed by atoms with Crippen molar-refractivity contribution in [3.8, 4) is 0 Å². The summed E-state index contributed by atoms with van der Waals surface area (Å²) in [6.07, 6.45) is 2.16. The minimum atomic E-state index is -0.686. The molecule has 4 heteroatoms. The Morgan fingerprint density at radius 2 is 2.12 bits per heavy atom. The second kappa shape index (κ2) is 5.83. The van der Waals surface area contributed by atoms with Gasteiger partial charge in [-0.05, 0) is 40.3 Å². The van der Waals surface area contributed by atoms with E-state index in [4.69, 9.17) is 5.11 Å². The van der Waals surface area contributed by atoms with Crippen molar-refractivity contribution in [2.45, 2.75) is 51.6 Å². The molecule has 0 amide bonds. The largest absolute Gasteiger partial charge is 0.481 e. The van der Waals surface area contributed by atoms with Crippen molar-refractivity contribution in [3.05, 3.63) is 0 Å². The second-order valence-corrected chi connectivity index (χ2v) is 5.75. The Morgan fingerprint density at radius 3 is 2.65 bits per heavy atom. The van der Waals surface area contributed by atoms with Crippen molar-refractivity contribution in [2.75, 3.05) is 26.7 Å². The van der Waals surface area contributed by atoms with Crippen LogP contribution in [0.15, 0.2) is 0 Å². The van der Waals surface area contributed by atoms with Gasteiger partial charge in [-0.25, -0.2) is 0 Å². The average molecular weight is 242 g/mol. The number of nitrogens with zero attached hydrogens (tertiary/aromatic N) is 2. The Balaban J connectivity index is 2.63. The van der Waals surface area contributed by atoms with E-state index >= 15 is 0 Å². The van der Waals surface area contributed by atoms with Crippen LogP contribution in [0.25, 0.3) is 0 Å². The molecule has 4 nitrogen and oxygen atoms in total. The number of aliphatic carboxylic acids is 1. The zero-order valence-electron chi connectivity index (χ0n) is 11.6. The molecule has 0 radical (unpaired) electrons. The van der Waals surface area contributed by atoms with E-state index in [9.17, 15) is 4.79 Å². The number of carboxylic acid groups (broad SMARTS) is 1. The first-order valence-electron chi connectivity index (χ1n) is 6.54. The van der Waals surface area contributed by atoms with Crippen LogP contribution in [0.5, 0.6) is 0 Å². The highest BCUT2D eigenvalue weighted by Crippen LogP contribution is 2.25. The summed E-state index contributed by atoms with van der Waals surface area (Å²) in [7, 11) is 2.14. The monoisotopic (exact) mass is 242 g/mol. The van der Waals surface area contributed by atoms with Crippen molar-refractivity contribution >= 4 is 5.97 Å². The Morgan fingerprint density at radius 1 is 1.47 bits per heavy atom. The van der Waals surface area contributed by atoms with Crippen LogP contribution in [-0.2, 0) is 4.79 Å². The number of rotatable bonds is 5. The summed E-state index contributed by atoms with van der Waals surface area (Å²) in [5.74, 6) is -0.686. The maximum Gasteiger partial charge on any atom is 0.303 e. The number of carboxylic acids is 1. The number of carbonyl (C=O) groups is 1. The Bertz CT molecular complexity index is 266. The summed E-state index contributed by atoms with van der Waals surface area (Å²) < 4.78 is 0. The number of hydrogen-bond acceptors (Lipinski definition) is 3. The van der Waals surface area contributed by atoms with Gasteiger partial charge in [0.2, 0.25) is 0 Å². The molecule has 0 bridgehead atoms. The fourth-order valence-corrected chi connectivity index (χ4v) is 2.54. The lowest BCUT2D eigenvalue weighted by molar-refractivity contribution is -0.137. The first-order valence-corrected chi connectivity index (χ1v) is 6.54. The second-order valence-electron chi connectivity index (χ2n) is 5.75. The van der Waals surface area contributed by atoms with Gasteiger partial charge in [-0.3, -0.25) is 14.6 Å². The summed E-state index contributed by atoms with van der Waals surface area (Å²) >= 11 is 0. The van der Waals surface area contributed by atoms with E-state index in [1.165, 1.54) is 0 Å². The standard InChI is InChI=1S/C13H26N2O2/c1-5-8-15-10-13(2,3)14(4)9-11(15)6-7-12(16)17/h11H,5-10H2,1-4H3,(H,16,17). The maximum absolute atomic E-state index is 10.7. The smallest absolute Gasteiger partial charge is 0.303 e. The average Bonchev–Trinajstić information content (AvgIpc) is 2.21. The molecule has 0 aromatic carbocycles. The summed E-state index contributed by atoms with van der Waals surface area (Å²) in [6, 6.07) is 0.393. The van der Waals surface area contributed by atoms with E-state index in [-0.39, 0.29) is 12.0 Å². The molecule has 1 heterocycles. The summed E-state index contributed by atoms with van der Waals surface area (Å²) in [4.78, 5) is 15.5. The van der Waals surface area contributed by atoms with Crippen LogP contribution < -0.4 is 0 Å². The molecule has 1 saturated heterocycles. The molecule has 1 aliphatic heterocycles. The first kappa shape index (κ1) is 14.5. The van der Waals surface area contributed by atoms with Gasteiger partial charge in [0.1, 0.15) is 0 Å². The molecular formula is C13H26N2O2. The highest BCUT2D eigenvalue weighted by atomic mass is 16.4. The van der Waals surface area contributed by atoms with Crippen LogP contribution >= 0.6 is 0 Å². The van der Waals surface area contributed by atoms with Gasteiger partial charge < -0.3 is 5.11 Å². The normalized spacial score (nSPS) is 26.0. The number of piperazine rings is 1. The highest BCUT2D eigenvalue weighted by Gasteiger charge is 2.36. The molecule has 0 aliphatic carbocycles. The van der Waals surface area contributed by atoms with Gasteiger partial charge in [0.25, 0.3) is 0 Å². The van der Waals surface area contributed by atoms with Crippen LogP contribution in [0.3, 0.4) is 0 Å². The van der Waals surface area contributed by atoms with E-state index in [2.05, 4.69) is 37.6 Å². The molecule has 0 aromatic rings. The zero-order valence-corrected chi connectivity index (χ0v) is 11.6. The fourth-order valence-electron chi connectivity index (χ4n) is 2.54. The van der Waals surface area contributed by atoms with E-state index in [0.29, 0.717) is 6.04 Å². The quantitative estimate of drug-likeness (QED) is 0.796. The Kier molecular flexibility index (Phi) is 4.95. The lowest BCUT2D eigenvalue weighted by Crippen LogP contribution is -2.62. The van der Waals surface area contributed by atoms with Gasteiger partial charge in [-0.15, -0.1) is 0 Å². The minimum Gasteiger partial charge on any atom is -0.481 e. The molecule has 0 saturated carbocycles. The fraction of sp³-hybridized carbons (Fsp3) is 0.923. The third-order valence-corrected chi connectivity index (χ3v) is 3.83. The molecule has 1 rings (SSSR count). The van der Waals surface area contributed by atoms with Crippen LogP contribution in [-0.4, -0.2) is 59.1 Å². The van der Waals surface area contributed by atoms with Gasteiger partial charge in [0.05, 0.1) is 0 Å². The SMILES string of the molecule is CCCN1CC(C)(C)N(C)CC1CCC(=O)O. The highest BCUT2D eigenvalue weighted by molar-refractivity contribution is 5.66. The van der Waals surface area contributed by atoms with Crippen molar-refractivity contribution in [1.29, 1.82) is 0 Å². The van der Waals surface area contributed by atoms with Crippen molar-refractivity contribution in [3.63, 3.8) is 0 Å². The van der Waals surface area contributed by atoms with Gasteiger partial charge in [-0.1, -0.05) is 6.92 Å². The molecule has 0 spiro atoms. The lowest BCUT2D eigenvalue weighted by Gasteiger charge is -2.50. The third kappa shape index (κ3) is 3.96. The predicted octanol–water partition coefficient (Wildman–Crippen LogP) is 1.66. The molecule has 100 valence electrons. The van der Waals surface area contributed by atoms with Crippen molar-refractivity contribution in [1.82, 2.24) is 9.80 Å². The topological polar surface area (TPSA) is 43.8 Å². The third-order valence-electron chi connectivity index (χ3n) is 3.83. The van der Waals surface area contributed by atoms with E-state index in [1.54, 1.807) is 0 Å². The number of hydrogen-bond donors (Lipinski definition) is 1. The molecule has 1 fully saturated rings. The molecule has 17 heavy (non-hydrogen) atoms. The maximum atomic E-state index is 10.7. The minimum absolute atomic E-state index is 0.189. The Labute approximate surface area is 105 Å². The van der Waals surface area contributed by atoms with E-state index < -0.39 is 5.97 Å². The summed E-state index contributed by atoms with van der Waals surface area (Å²) in [5, 5.41) is 8.80. The molecule has 0 aromatic heterocycles. The van der Waals surface area contributed by atoms with Gasteiger partial charge >= 0.3 is 5.97 Å². The van der Waals surface area contributed by atoms with Gasteiger partial charge in [0.15, 0.2) is 0 Å². The molecular weight excluding hydrogens is 216 g/mol. The zero-order chi connectivity index (χ0) is 13.1. The van der Waals surface area contributed by atoms with Crippen LogP contribution in [0.1, 0.15) is 40.0 Å². The predicted molar refractivity (Wildman–Crippen MR) is 69.2 cm³/mol. The van der Waals surface area contributed by atoms with Crippen LogP contribution in [0, 0.1) is 0 Å². The molecule has 1 atom stereocenters. The van der Waals surface area contributed by atoms with Crippen LogP contribution in [0.4, 0.5) is 0 Å². The Hall–Kier alpha value is -0.610. The molecule has 1 N–H and O–H groups in total. The van der Waals surface area contributed by atoms with Crippen molar-refractivity contribution < 1.29 is 9.90 Å². The number of likely N-dealkylation sites (N-methyl/N-ethyl adjacent to an activating group) is 1. The summed E-state index contributed by atoms with van der Waals surface area (Å²) in [5.41, 5.74) is 0.189. The lowest BCUT2D eigenvalue weighted by atomic mass is 9.94. The van der Waals surface area contributed by atoms with Crippen molar-refractivity contribution in [2.24, 2.45) is 0 Å². The summed E-state index contributed by atoms with van der Waals surface area (Å²) in [6.45, 7) is 9.76. The van der Waals surface area contributed by atoms with Crippen LogP contribution in [0.2, 0.25) is 0 Å². The van der Waals surface area contributed by atoms with E-state index in [0.717, 1.165) is 32.5 Å². The first-order chi connectivity index (χ1) is 7.86.